The highest BCUT2D eigenvalue weighted by molar-refractivity contribution is 6.31. The molecule has 4 nitrogen and oxygen atoms in total. The summed E-state index contributed by atoms with van der Waals surface area (Å²) in [6.07, 6.45) is 0.651. The third kappa shape index (κ3) is 3.83. The second kappa shape index (κ2) is 6.73. The Morgan fingerprint density at radius 3 is 2.60 bits per heavy atom. The topological polar surface area (TPSA) is 58.2 Å². The van der Waals surface area contributed by atoms with E-state index in [2.05, 4.69) is 10.6 Å². The van der Waals surface area contributed by atoms with Gasteiger partial charge in [0.25, 0.3) is 0 Å². The van der Waals surface area contributed by atoms with Crippen molar-refractivity contribution in [2.24, 2.45) is 0 Å². The van der Waals surface area contributed by atoms with E-state index in [9.17, 15) is 9.59 Å². The van der Waals surface area contributed by atoms with E-state index in [4.69, 9.17) is 11.6 Å². The second-order valence-electron chi connectivity index (χ2n) is 4.14. The van der Waals surface area contributed by atoms with Crippen LogP contribution in [0.15, 0.2) is 48.5 Å². The Balaban J connectivity index is 1.96. The van der Waals surface area contributed by atoms with Crippen molar-refractivity contribution in [2.75, 3.05) is 5.32 Å². The maximum absolute atomic E-state index is 11.8. The first-order valence-electron chi connectivity index (χ1n) is 6.02. The summed E-state index contributed by atoms with van der Waals surface area (Å²) in [4.78, 5) is 22.7. The molecule has 0 radical (unpaired) electrons. The minimum atomic E-state index is -0.376. The predicted octanol–water partition coefficient (Wildman–Crippen LogP) is 3.47. The average Bonchev–Trinajstić information content (AvgIpc) is 2.48. The summed E-state index contributed by atoms with van der Waals surface area (Å²) in [5, 5.41) is 5.78. The number of carbonyl (C=O) groups is 2. The van der Waals surface area contributed by atoms with Gasteiger partial charge in [-0.2, -0.15) is 0 Å². The molecule has 0 unspecified atom stereocenters. The normalized spacial score (nSPS) is 9.85. The second-order valence-corrected chi connectivity index (χ2v) is 4.58. The van der Waals surface area contributed by atoms with Crippen molar-refractivity contribution in [1.82, 2.24) is 5.32 Å². The molecule has 0 aliphatic rings. The molecule has 0 aromatic heterocycles. The molecular formula is C15H13ClN2O2. The zero-order valence-corrected chi connectivity index (χ0v) is 11.4. The summed E-state index contributed by atoms with van der Waals surface area (Å²) in [5.74, 6) is 0. The van der Waals surface area contributed by atoms with Gasteiger partial charge < -0.3 is 10.6 Å². The molecule has 0 saturated heterocycles. The molecule has 2 aromatic carbocycles. The number of nitrogens with one attached hydrogen (secondary N) is 2. The van der Waals surface area contributed by atoms with E-state index in [0.29, 0.717) is 29.1 Å². The molecule has 0 fully saturated rings. The quantitative estimate of drug-likeness (QED) is 0.846. The van der Waals surface area contributed by atoms with Crippen LogP contribution in [0.25, 0.3) is 0 Å². The number of amides is 2. The lowest BCUT2D eigenvalue weighted by Crippen LogP contribution is -2.28. The van der Waals surface area contributed by atoms with Crippen molar-refractivity contribution in [2.45, 2.75) is 6.54 Å². The van der Waals surface area contributed by atoms with Crippen molar-refractivity contribution in [3.63, 3.8) is 0 Å². The van der Waals surface area contributed by atoms with Crippen LogP contribution in [0.5, 0.6) is 0 Å². The molecule has 0 heterocycles. The summed E-state index contributed by atoms with van der Waals surface area (Å²) >= 11 is 5.79. The number of halogens is 1. The maximum Gasteiger partial charge on any atom is 0.319 e. The zero-order chi connectivity index (χ0) is 14.4. The molecule has 20 heavy (non-hydrogen) atoms. The number of urea groups is 1. The molecule has 0 atom stereocenters. The van der Waals surface area contributed by atoms with Crippen LogP contribution in [0, 0.1) is 0 Å². The van der Waals surface area contributed by atoms with E-state index >= 15 is 0 Å². The van der Waals surface area contributed by atoms with Gasteiger partial charge in [0.1, 0.15) is 0 Å². The Morgan fingerprint density at radius 1 is 1.15 bits per heavy atom. The molecule has 2 amide bonds. The number of aldehydes is 1. The number of rotatable bonds is 4. The summed E-state index contributed by atoms with van der Waals surface area (Å²) < 4.78 is 0. The minimum absolute atomic E-state index is 0.340. The highest BCUT2D eigenvalue weighted by atomic mass is 35.5. The standard InChI is InChI=1S/C15H13ClN2O2/c16-13-6-7-14(12(8-13)10-19)18-15(20)17-9-11-4-2-1-3-5-11/h1-8,10H,9H2,(H2,17,18,20). The van der Waals surface area contributed by atoms with Crippen LogP contribution in [-0.2, 0) is 6.54 Å². The molecule has 0 saturated carbocycles. The van der Waals surface area contributed by atoms with Crippen molar-refractivity contribution in [3.8, 4) is 0 Å². The van der Waals surface area contributed by atoms with Crippen LogP contribution in [0.3, 0.4) is 0 Å². The smallest absolute Gasteiger partial charge is 0.319 e. The van der Waals surface area contributed by atoms with E-state index in [1.165, 1.54) is 6.07 Å². The fraction of sp³-hybridized carbons (Fsp3) is 0.0667. The van der Waals surface area contributed by atoms with Crippen molar-refractivity contribution >= 4 is 29.6 Å². The number of anilines is 1. The molecule has 2 rings (SSSR count). The first-order valence-corrected chi connectivity index (χ1v) is 6.40. The molecule has 2 aromatic rings. The lowest BCUT2D eigenvalue weighted by molar-refractivity contribution is 0.112. The monoisotopic (exact) mass is 288 g/mol. The zero-order valence-electron chi connectivity index (χ0n) is 10.6. The van der Waals surface area contributed by atoms with Crippen LogP contribution in [-0.4, -0.2) is 12.3 Å². The van der Waals surface area contributed by atoms with E-state index in [-0.39, 0.29) is 6.03 Å². The maximum atomic E-state index is 11.8. The van der Waals surface area contributed by atoms with Crippen LogP contribution in [0.4, 0.5) is 10.5 Å². The van der Waals surface area contributed by atoms with Gasteiger partial charge in [0.2, 0.25) is 0 Å². The van der Waals surface area contributed by atoms with Crippen molar-refractivity contribution in [1.29, 1.82) is 0 Å². The van der Waals surface area contributed by atoms with Gasteiger partial charge in [0.15, 0.2) is 6.29 Å². The predicted molar refractivity (Wildman–Crippen MR) is 79.1 cm³/mol. The third-order valence-electron chi connectivity index (χ3n) is 2.68. The molecule has 0 aliphatic carbocycles. The minimum Gasteiger partial charge on any atom is -0.334 e. The summed E-state index contributed by atoms with van der Waals surface area (Å²) in [6, 6.07) is 13.9. The highest BCUT2D eigenvalue weighted by Gasteiger charge is 2.06. The lowest BCUT2D eigenvalue weighted by Gasteiger charge is -2.09. The SMILES string of the molecule is O=Cc1cc(Cl)ccc1NC(=O)NCc1ccccc1. The molecule has 0 aliphatic heterocycles. The van der Waals surface area contributed by atoms with E-state index in [0.717, 1.165) is 5.56 Å². The van der Waals surface area contributed by atoms with Crippen LogP contribution in [0.1, 0.15) is 15.9 Å². The van der Waals surface area contributed by atoms with Gasteiger partial charge >= 0.3 is 6.03 Å². The van der Waals surface area contributed by atoms with E-state index in [1.807, 2.05) is 30.3 Å². The molecule has 0 bridgehead atoms. The van der Waals surface area contributed by atoms with Crippen LogP contribution in [0.2, 0.25) is 5.02 Å². The fourth-order valence-electron chi connectivity index (χ4n) is 1.69. The Morgan fingerprint density at radius 2 is 1.90 bits per heavy atom. The summed E-state index contributed by atoms with van der Waals surface area (Å²) in [7, 11) is 0. The number of carbonyl (C=O) groups excluding carboxylic acids is 2. The van der Waals surface area contributed by atoms with Gasteiger partial charge in [0.05, 0.1) is 5.69 Å². The van der Waals surface area contributed by atoms with E-state index in [1.54, 1.807) is 12.1 Å². The molecule has 0 spiro atoms. The van der Waals surface area contributed by atoms with Gasteiger partial charge in [-0.15, -0.1) is 0 Å². The molecular weight excluding hydrogens is 276 g/mol. The van der Waals surface area contributed by atoms with Gasteiger partial charge in [-0.3, -0.25) is 4.79 Å². The summed E-state index contributed by atoms with van der Waals surface area (Å²) in [6.45, 7) is 0.413. The Labute approximate surface area is 121 Å². The van der Waals surface area contributed by atoms with Crippen LogP contribution >= 0.6 is 11.6 Å². The fourth-order valence-corrected chi connectivity index (χ4v) is 1.87. The Kier molecular flexibility index (Phi) is 4.74. The number of benzene rings is 2. The first kappa shape index (κ1) is 14.1. The summed E-state index contributed by atoms with van der Waals surface area (Å²) in [5.41, 5.74) is 1.76. The Bertz CT molecular complexity index is 615. The van der Waals surface area contributed by atoms with Gasteiger partial charge in [-0.05, 0) is 23.8 Å². The largest absolute Gasteiger partial charge is 0.334 e. The molecule has 2 N–H and O–H groups in total. The van der Waals surface area contributed by atoms with Crippen molar-refractivity contribution < 1.29 is 9.59 Å². The van der Waals surface area contributed by atoms with Gasteiger partial charge in [-0.25, -0.2) is 4.79 Å². The first-order chi connectivity index (χ1) is 9.69. The van der Waals surface area contributed by atoms with Crippen LogP contribution < -0.4 is 10.6 Å². The highest BCUT2D eigenvalue weighted by Crippen LogP contribution is 2.18. The number of hydrogen-bond acceptors (Lipinski definition) is 2. The van der Waals surface area contributed by atoms with Gasteiger partial charge in [-0.1, -0.05) is 41.9 Å². The Hall–Kier alpha value is -2.33. The van der Waals surface area contributed by atoms with E-state index < -0.39 is 0 Å². The molecule has 5 heteroatoms. The molecule has 102 valence electrons. The third-order valence-corrected chi connectivity index (χ3v) is 2.92. The van der Waals surface area contributed by atoms with Gasteiger partial charge in [0, 0.05) is 17.1 Å². The van der Waals surface area contributed by atoms with Crippen molar-refractivity contribution in [3.05, 3.63) is 64.7 Å². The number of hydrogen-bond donors (Lipinski definition) is 2. The lowest BCUT2D eigenvalue weighted by atomic mass is 10.2. The average molecular weight is 289 g/mol.